The molecule has 0 saturated carbocycles. The molecule has 0 atom stereocenters. The third-order valence-corrected chi connectivity index (χ3v) is 2.43. The summed E-state index contributed by atoms with van der Waals surface area (Å²) in [5.74, 6) is 0.304. The molecule has 1 aromatic heterocycles. The predicted octanol–water partition coefficient (Wildman–Crippen LogP) is 1.89. The van der Waals surface area contributed by atoms with Gasteiger partial charge in [0, 0.05) is 12.3 Å². The highest BCUT2D eigenvalue weighted by atomic mass is 16.5. The van der Waals surface area contributed by atoms with Gasteiger partial charge in [-0.15, -0.1) is 0 Å². The Morgan fingerprint density at radius 3 is 2.82 bits per heavy atom. The van der Waals surface area contributed by atoms with Gasteiger partial charge < -0.3 is 14.4 Å². The first-order chi connectivity index (χ1) is 8.11. The maximum Gasteiger partial charge on any atom is 0.356 e. The standard InChI is InChI=1S/C12H12N2O3/c1-8-13-11(12(15)16)7-14(8)9-4-3-5-10(6-9)17-2/h3-7H,1-2H3,(H,15,16). The Morgan fingerprint density at radius 2 is 2.24 bits per heavy atom. The number of hydrogen-bond acceptors (Lipinski definition) is 3. The van der Waals surface area contributed by atoms with E-state index in [0.29, 0.717) is 11.6 Å². The minimum absolute atomic E-state index is 0.0327. The van der Waals surface area contributed by atoms with Crippen LogP contribution in [0, 0.1) is 6.92 Å². The fourth-order valence-electron chi connectivity index (χ4n) is 1.60. The summed E-state index contributed by atoms with van der Waals surface area (Å²) in [6, 6.07) is 7.35. The molecule has 1 aromatic carbocycles. The van der Waals surface area contributed by atoms with Crippen LogP contribution in [-0.4, -0.2) is 27.7 Å². The van der Waals surface area contributed by atoms with Gasteiger partial charge in [-0.1, -0.05) is 6.07 Å². The third kappa shape index (κ3) is 2.13. The molecular weight excluding hydrogens is 220 g/mol. The number of hydrogen-bond donors (Lipinski definition) is 1. The number of nitrogens with zero attached hydrogens (tertiary/aromatic N) is 2. The number of methoxy groups -OCH3 is 1. The van der Waals surface area contributed by atoms with Gasteiger partial charge in [0.1, 0.15) is 11.6 Å². The first-order valence-corrected chi connectivity index (χ1v) is 5.05. The average Bonchev–Trinajstić information content (AvgIpc) is 2.72. The van der Waals surface area contributed by atoms with Crippen LogP contribution in [0.1, 0.15) is 16.3 Å². The van der Waals surface area contributed by atoms with Crippen molar-refractivity contribution in [2.24, 2.45) is 0 Å². The van der Waals surface area contributed by atoms with Gasteiger partial charge in [-0.05, 0) is 19.1 Å². The Hall–Kier alpha value is -2.30. The Balaban J connectivity index is 2.48. The topological polar surface area (TPSA) is 64.3 Å². The second-order valence-corrected chi connectivity index (χ2v) is 3.55. The number of rotatable bonds is 3. The lowest BCUT2D eigenvalue weighted by atomic mass is 10.3. The molecule has 0 amide bonds. The van der Waals surface area contributed by atoms with E-state index >= 15 is 0 Å². The molecule has 5 heteroatoms. The number of carboxylic acids is 1. The predicted molar refractivity (Wildman–Crippen MR) is 61.8 cm³/mol. The summed E-state index contributed by atoms with van der Waals surface area (Å²) in [6.07, 6.45) is 1.49. The van der Waals surface area contributed by atoms with Crippen molar-refractivity contribution in [3.05, 3.63) is 42.0 Å². The smallest absolute Gasteiger partial charge is 0.356 e. The number of aromatic carboxylic acids is 1. The second kappa shape index (κ2) is 4.29. The van der Waals surface area contributed by atoms with Crippen molar-refractivity contribution < 1.29 is 14.6 Å². The Kier molecular flexibility index (Phi) is 2.82. The van der Waals surface area contributed by atoms with E-state index in [1.165, 1.54) is 6.20 Å². The Labute approximate surface area is 98.3 Å². The van der Waals surface area contributed by atoms with Crippen molar-refractivity contribution in [2.45, 2.75) is 6.92 Å². The zero-order valence-corrected chi connectivity index (χ0v) is 9.54. The molecule has 2 aromatic rings. The van der Waals surface area contributed by atoms with E-state index in [-0.39, 0.29) is 5.69 Å². The van der Waals surface area contributed by atoms with E-state index in [1.807, 2.05) is 24.3 Å². The molecule has 2 rings (SSSR count). The van der Waals surface area contributed by atoms with Crippen molar-refractivity contribution in [1.29, 1.82) is 0 Å². The maximum atomic E-state index is 10.8. The van der Waals surface area contributed by atoms with Crippen LogP contribution in [0.15, 0.2) is 30.5 Å². The lowest BCUT2D eigenvalue weighted by Crippen LogP contribution is -1.96. The zero-order chi connectivity index (χ0) is 12.4. The molecule has 1 N–H and O–H groups in total. The third-order valence-electron chi connectivity index (χ3n) is 2.43. The fourth-order valence-corrected chi connectivity index (χ4v) is 1.60. The largest absolute Gasteiger partial charge is 0.497 e. The zero-order valence-electron chi connectivity index (χ0n) is 9.54. The molecule has 0 aliphatic heterocycles. The van der Waals surface area contributed by atoms with Crippen LogP contribution < -0.4 is 4.74 Å². The van der Waals surface area contributed by atoms with Gasteiger partial charge in [-0.2, -0.15) is 0 Å². The summed E-state index contributed by atoms with van der Waals surface area (Å²) >= 11 is 0. The minimum Gasteiger partial charge on any atom is -0.497 e. The number of imidazole rings is 1. The lowest BCUT2D eigenvalue weighted by molar-refractivity contribution is 0.0691. The normalized spacial score (nSPS) is 10.2. The van der Waals surface area contributed by atoms with Crippen molar-refractivity contribution in [3.63, 3.8) is 0 Å². The van der Waals surface area contributed by atoms with Gasteiger partial charge in [0.2, 0.25) is 0 Å². The molecule has 17 heavy (non-hydrogen) atoms. The molecule has 0 radical (unpaired) electrons. The molecule has 0 unspecified atom stereocenters. The highest BCUT2D eigenvalue weighted by molar-refractivity contribution is 5.85. The van der Waals surface area contributed by atoms with Crippen LogP contribution >= 0.6 is 0 Å². The molecule has 0 fully saturated rings. The van der Waals surface area contributed by atoms with E-state index in [2.05, 4.69) is 4.98 Å². The number of carboxylic acid groups (broad SMARTS) is 1. The maximum absolute atomic E-state index is 10.8. The molecule has 1 heterocycles. The van der Waals surface area contributed by atoms with E-state index in [0.717, 1.165) is 5.69 Å². The lowest BCUT2D eigenvalue weighted by Gasteiger charge is -2.06. The van der Waals surface area contributed by atoms with E-state index in [1.54, 1.807) is 18.6 Å². The fraction of sp³-hybridized carbons (Fsp3) is 0.167. The van der Waals surface area contributed by atoms with Crippen LogP contribution in [0.25, 0.3) is 5.69 Å². The van der Waals surface area contributed by atoms with Crippen LogP contribution in [0.3, 0.4) is 0 Å². The van der Waals surface area contributed by atoms with Crippen LogP contribution in [0.4, 0.5) is 0 Å². The molecule has 0 saturated heterocycles. The van der Waals surface area contributed by atoms with Crippen LogP contribution in [0.2, 0.25) is 0 Å². The number of benzene rings is 1. The molecule has 0 aliphatic carbocycles. The van der Waals surface area contributed by atoms with Gasteiger partial charge >= 0.3 is 5.97 Å². The molecule has 0 spiro atoms. The van der Waals surface area contributed by atoms with Gasteiger partial charge in [0.15, 0.2) is 5.69 Å². The van der Waals surface area contributed by atoms with Crippen molar-refractivity contribution in [2.75, 3.05) is 7.11 Å². The first-order valence-electron chi connectivity index (χ1n) is 5.05. The highest BCUT2D eigenvalue weighted by Crippen LogP contribution is 2.18. The number of ether oxygens (including phenoxy) is 1. The van der Waals surface area contributed by atoms with Crippen molar-refractivity contribution >= 4 is 5.97 Å². The van der Waals surface area contributed by atoms with Gasteiger partial charge in [-0.25, -0.2) is 9.78 Å². The average molecular weight is 232 g/mol. The molecule has 0 bridgehead atoms. The summed E-state index contributed by atoms with van der Waals surface area (Å²) in [6.45, 7) is 1.76. The SMILES string of the molecule is COc1cccc(-n2cc(C(=O)O)nc2C)c1. The quantitative estimate of drug-likeness (QED) is 0.877. The Bertz CT molecular complexity index is 561. The number of aromatic nitrogens is 2. The van der Waals surface area contributed by atoms with E-state index < -0.39 is 5.97 Å². The minimum atomic E-state index is -1.03. The van der Waals surface area contributed by atoms with Gasteiger partial charge in [-0.3, -0.25) is 0 Å². The summed E-state index contributed by atoms with van der Waals surface area (Å²) in [5.41, 5.74) is 0.854. The van der Waals surface area contributed by atoms with Crippen molar-refractivity contribution in [3.8, 4) is 11.4 Å². The molecule has 0 aliphatic rings. The second-order valence-electron chi connectivity index (χ2n) is 3.55. The molecule has 88 valence electrons. The number of aryl methyl sites for hydroxylation is 1. The summed E-state index contributed by atoms with van der Waals surface area (Å²) in [7, 11) is 1.59. The van der Waals surface area contributed by atoms with E-state index in [4.69, 9.17) is 9.84 Å². The number of carbonyl (C=O) groups is 1. The Morgan fingerprint density at radius 1 is 1.47 bits per heavy atom. The molecular formula is C12H12N2O3. The monoisotopic (exact) mass is 232 g/mol. The molecule has 5 nitrogen and oxygen atoms in total. The van der Waals surface area contributed by atoms with Gasteiger partial charge in [0.25, 0.3) is 0 Å². The summed E-state index contributed by atoms with van der Waals surface area (Å²) < 4.78 is 6.83. The van der Waals surface area contributed by atoms with Crippen LogP contribution in [-0.2, 0) is 0 Å². The first kappa shape index (κ1) is 11.2. The summed E-state index contributed by atoms with van der Waals surface area (Å²) in [4.78, 5) is 14.8. The summed E-state index contributed by atoms with van der Waals surface area (Å²) in [5, 5.41) is 8.87. The van der Waals surface area contributed by atoms with E-state index in [9.17, 15) is 4.79 Å². The van der Waals surface area contributed by atoms with Gasteiger partial charge in [0.05, 0.1) is 12.8 Å². The van der Waals surface area contributed by atoms with Crippen molar-refractivity contribution in [1.82, 2.24) is 9.55 Å². The van der Waals surface area contributed by atoms with Crippen LogP contribution in [0.5, 0.6) is 5.75 Å². The highest BCUT2D eigenvalue weighted by Gasteiger charge is 2.11.